The average molecular weight is 311 g/mol. The molecule has 0 unspecified atom stereocenters. The van der Waals surface area contributed by atoms with Crippen LogP contribution in [0.5, 0.6) is 0 Å². The molecule has 0 bridgehead atoms. The summed E-state index contributed by atoms with van der Waals surface area (Å²) in [6.07, 6.45) is 0.702. The van der Waals surface area contributed by atoms with Crippen molar-refractivity contribution in [2.75, 3.05) is 19.0 Å². The van der Waals surface area contributed by atoms with Gasteiger partial charge in [-0.15, -0.1) is 11.3 Å². The predicted molar refractivity (Wildman–Crippen MR) is 79.2 cm³/mol. The first kappa shape index (κ1) is 15.4. The Morgan fingerprint density at radius 3 is 2.57 bits per heavy atom. The molecule has 0 saturated carbocycles. The lowest BCUT2D eigenvalue weighted by Gasteiger charge is -2.17. The summed E-state index contributed by atoms with van der Waals surface area (Å²) < 4.78 is 27.2. The molecule has 3 N–H and O–H groups in total. The largest absolute Gasteiger partial charge is 0.341 e. The average Bonchev–Trinajstić information content (AvgIpc) is 2.96. The van der Waals surface area contributed by atoms with Crippen molar-refractivity contribution >= 4 is 22.9 Å². The number of rotatable bonds is 5. The Hall–Kier alpha value is -1.99. The molecular formula is C14H15F2N3OS. The van der Waals surface area contributed by atoms with E-state index in [1.165, 1.54) is 4.90 Å². The topological polar surface area (TPSA) is 58.4 Å². The van der Waals surface area contributed by atoms with Crippen molar-refractivity contribution in [3.8, 4) is 0 Å². The fourth-order valence-corrected chi connectivity index (χ4v) is 2.59. The number of amides is 1. The molecule has 0 aliphatic heterocycles. The molecule has 0 spiro atoms. The minimum absolute atomic E-state index is 0.0438. The maximum Gasteiger partial charge on any atom is 0.253 e. The van der Waals surface area contributed by atoms with Gasteiger partial charge in [0.05, 0.1) is 0 Å². The Balaban J connectivity index is 2.08. The second-order valence-electron chi connectivity index (χ2n) is 4.52. The molecule has 1 aromatic carbocycles. The van der Waals surface area contributed by atoms with Crippen molar-refractivity contribution in [3.05, 3.63) is 51.7 Å². The van der Waals surface area contributed by atoms with E-state index in [1.54, 1.807) is 18.4 Å². The molecule has 1 amide bonds. The number of benzene rings is 1. The van der Waals surface area contributed by atoms with Crippen LogP contribution < -0.4 is 11.3 Å². The van der Waals surface area contributed by atoms with Crippen LogP contribution in [0.4, 0.5) is 14.5 Å². The van der Waals surface area contributed by atoms with Gasteiger partial charge in [0.25, 0.3) is 5.91 Å². The molecule has 112 valence electrons. The van der Waals surface area contributed by atoms with Gasteiger partial charge in [0.1, 0.15) is 5.69 Å². The van der Waals surface area contributed by atoms with E-state index >= 15 is 0 Å². The molecule has 4 nitrogen and oxygen atoms in total. The highest BCUT2D eigenvalue weighted by molar-refractivity contribution is 7.09. The maximum atomic E-state index is 13.6. The van der Waals surface area contributed by atoms with Crippen LogP contribution >= 0.6 is 11.3 Å². The first-order chi connectivity index (χ1) is 10.0. The number of halogens is 2. The SMILES string of the molecule is CN(CCc1cccs1)C(=O)c1cc(F)c(NN)c(F)c1. The maximum absolute atomic E-state index is 13.6. The molecule has 0 saturated heterocycles. The summed E-state index contributed by atoms with van der Waals surface area (Å²) >= 11 is 1.60. The van der Waals surface area contributed by atoms with Crippen LogP contribution in [0.2, 0.25) is 0 Å². The van der Waals surface area contributed by atoms with Crippen molar-refractivity contribution < 1.29 is 13.6 Å². The molecule has 0 atom stereocenters. The van der Waals surface area contributed by atoms with Crippen molar-refractivity contribution in [3.63, 3.8) is 0 Å². The molecule has 2 rings (SSSR count). The zero-order valence-electron chi connectivity index (χ0n) is 11.4. The van der Waals surface area contributed by atoms with Gasteiger partial charge in [-0.2, -0.15) is 0 Å². The van der Waals surface area contributed by atoms with E-state index in [1.807, 2.05) is 22.9 Å². The van der Waals surface area contributed by atoms with Gasteiger partial charge in [0.15, 0.2) is 11.6 Å². The number of carbonyl (C=O) groups excluding carboxylic acids is 1. The zero-order valence-corrected chi connectivity index (χ0v) is 12.2. The number of hydrazine groups is 1. The van der Waals surface area contributed by atoms with Crippen LogP contribution in [0.3, 0.4) is 0 Å². The zero-order chi connectivity index (χ0) is 15.4. The van der Waals surface area contributed by atoms with Crippen LogP contribution in [0.25, 0.3) is 0 Å². The molecule has 0 aliphatic carbocycles. The Morgan fingerprint density at radius 2 is 2.05 bits per heavy atom. The highest BCUT2D eigenvalue weighted by Gasteiger charge is 2.17. The minimum Gasteiger partial charge on any atom is -0.341 e. The number of likely N-dealkylation sites (N-methyl/N-ethyl adjacent to an activating group) is 1. The van der Waals surface area contributed by atoms with Gasteiger partial charge < -0.3 is 10.3 Å². The van der Waals surface area contributed by atoms with Gasteiger partial charge >= 0.3 is 0 Å². The van der Waals surface area contributed by atoms with E-state index in [4.69, 9.17) is 5.84 Å². The van der Waals surface area contributed by atoms with E-state index in [-0.39, 0.29) is 5.56 Å². The fourth-order valence-electron chi connectivity index (χ4n) is 1.89. The van der Waals surface area contributed by atoms with E-state index < -0.39 is 23.2 Å². The molecule has 21 heavy (non-hydrogen) atoms. The van der Waals surface area contributed by atoms with Crippen LogP contribution in [0.1, 0.15) is 15.2 Å². The molecule has 2 aromatic rings. The highest BCUT2D eigenvalue weighted by Crippen LogP contribution is 2.20. The highest BCUT2D eigenvalue weighted by atomic mass is 32.1. The number of anilines is 1. The van der Waals surface area contributed by atoms with Gasteiger partial charge in [0, 0.05) is 24.0 Å². The van der Waals surface area contributed by atoms with Gasteiger partial charge in [-0.25, -0.2) is 8.78 Å². The third-order valence-corrected chi connectivity index (χ3v) is 3.99. The lowest BCUT2D eigenvalue weighted by atomic mass is 10.1. The quantitative estimate of drug-likeness (QED) is 0.659. The monoisotopic (exact) mass is 311 g/mol. The van der Waals surface area contributed by atoms with Crippen LogP contribution in [-0.4, -0.2) is 24.4 Å². The van der Waals surface area contributed by atoms with E-state index in [9.17, 15) is 13.6 Å². The number of carbonyl (C=O) groups is 1. The third kappa shape index (κ3) is 3.56. The van der Waals surface area contributed by atoms with E-state index in [0.29, 0.717) is 13.0 Å². The van der Waals surface area contributed by atoms with Gasteiger partial charge in [-0.05, 0) is 30.0 Å². The van der Waals surface area contributed by atoms with E-state index in [2.05, 4.69) is 0 Å². The predicted octanol–water partition coefficient (Wildman–Crippen LogP) is 2.63. The second kappa shape index (κ2) is 6.64. The first-order valence-corrected chi connectivity index (χ1v) is 7.14. The van der Waals surface area contributed by atoms with Crippen molar-refractivity contribution in [2.24, 2.45) is 5.84 Å². The Kier molecular flexibility index (Phi) is 4.87. The summed E-state index contributed by atoms with van der Waals surface area (Å²) in [6, 6.07) is 5.86. The summed E-state index contributed by atoms with van der Waals surface area (Å²) in [4.78, 5) is 14.7. The fraction of sp³-hybridized carbons (Fsp3) is 0.214. The smallest absolute Gasteiger partial charge is 0.253 e. The number of nitrogens with zero attached hydrogens (tertiary/aromatic N) is 1. The number of hydrogen-bond donors (Lipinski definition) is 2. The third-order valence-electron chi connectivity index (χ3n) is 3.05. The Morgan fingerprint density at radius 1 is 1.38 bits per heavy atom. The standard InChI is InChI=1S/C14H15F2N3OS/c1-19(5-4-10-3-2-6-21-10)14(20)9-7-11(15)13(18-17)12(16)8-9/h2-3,6-8,18H,4-5,17H2,1H3. The van der Waals surface area contributed by atoms with Crippen LogP contribution in [-0.2, 0) is 6.42 Å². The van der Waals surface area contributed by atoms with Crippen molar-refractivity contribution in [1.82, 2.24) is 4.90 Å². The summed E-state index contributed by atoms with van der Waals surface area (Å²) in [6.45, 7) is 0.472. The minimum atomic E-state index is -0.896. The lowest BCUT2D eigenvalue weighted by molar-refractivity contribution is 0.0796. The van der Waals surface area contributed by atoms with Gasteiger partial charge in [-0.3, -0.25) is 10.6 Å². The Labute approximate surface area is 125 Å². The molecule has 0 fully saturated rings. The first-order valence-electron chi connectivity index (χ1n) is 6.26. The number of hydrogen-bond acceptors (Lipinski definition) is 4. The summed E-state index contributed by atoms with van der Waals surface area (Å²) in [5.74, 6) is 2.79. The molecule has 1 aromatic heterocycles. The summed E-state index contributed by atoms with van der Waals surface area (Å²) in [5.41, 5.74) is 1.43. The summed E-state index contributed by atoms with van der Waals surface area (Å²) in [5, 5.41) is 1.96. The second-order valence-corrected chi connectivity index (χ2v) is 5.55. The van der Waals surface area contributed by atoms with Crippen molar-refractivity contribution in [1.29, 1.82) is 0 Å². The number of nitrogens with one attached hydrogen (secondary N) is 1. The van der Waals surface area contributed by atoms with Gasteiger partial charge in [0.2, 0.25) is 0 Å². The van der Waals surface area contributed by atoms with Gasteiger partial charge in [-0.1, -0.05) is 6.07 Å². The number of thiophene rings is 1. The molecule has 1 heterocycles. The van der Waals surface area contributed by atoms with Crippen molar-refractivity contribution in [2.45, 2.75) is 6.42 Å². The normalized spacial score (nSPS) is 10.5. The molecular weight excluding hydrogens is 296 g/mol. The van der Waals surface area contributed by atoms with Crippen LogP contribution in [0, 0.1) is 11.6 Å². The molecule has 0 radical (unpaired) electrons. The molecule has 0 aliphatic rings. The van der Waals surface area contributed by atoms with Crippen LogP contribution in [0.15, 0.2) is 29.6 Å². The molecule has 7 heteroatoms. The Bertz CT molecular complexity index is 608. The lowest BCUT2D eigenvalue weighted by Crippen LogP contribution is -2.29. The number of nitrogens with two attached hydrogens (primary N) is 1. The van der Waals surface area contributed by atoms with E-state index in [0.717, 1.165) is 17.0 Å². The number of nitrogen functional groups attached to an aromatic ring is 1. The summed E-state index contributed by atoms with van der Waals surface area (Å²) in [7, 11) is 1.60.